The van der Waals surface area contributed by atoms with Gasteiger partial charge in [0.1, 0.15) is 22.9 Å². The van der Waals surface area contributed by atoms with E-state index in [0.29, 0.717) is 83.3 Å². The minimum atomic E-state index is -2.27. The number of halogens is 2. The number of rotatable bonds is 18. The Morgan fingerprint density at radius 1 is 0.486 bits per heavy atom. The molecule has 0 saturated heterocycles. The van der Waals surface area contributed by atoms with Crippen LogP contribution < -0.4 is 19.3 Å². The number of fused-ring (bicyclic) bond motifs is 4. The van der Waals surface area contributed by atoms with Gasteiger partial charge in [-0.15, -0.1) is 0 Å². The Kier molecular flexibility index (Phi) is 27.6. The number of pyridine rings is 2. The number of carbonyl (C=O) groups excluding carboxylic acids is 4. The van der Waals surface area contributed by atoms with Gasteiger partial charge in [-0.05, 0) is 169 Å². The highest BCUT2D eigenvalue weighted by molar-refractivity contribution is 6.33. The summed E-state index contributed by atoms with van der Waals surface area (Å²) in [6.07, 6.45) is 11.0. The Bertz CT molecular complexity index is 4240. The number of carboxylic acids is 4. The van der Waals surface area contributed by atoms with E-state index in [9.17, 15) is 38.4 Å². The van der Waals surface area contributed by atoms with Crippen LogP contribution in [-0.4, -0.2) is 175 Å². The maximum absolute atomic E-state index is 14.3. The van der Waals surface area contributed by atoms with Crippen molar-refractivity contribution in [2.45, 2.75) is 115 Å². The molecule has 4 aliphatic rings. The van der Waals surface area contributed by atoms with Gasteiger partial charge < -0.3 is 84.5 Å². The van der Waals surface area contributed by atoms with Gasteiger partial charge in [-0.25, -0.2) is 19.2 Å². The molecular formula is C76H80Cl2N8O19. The van der Waals surface area contributed by atoms with Crippen molar-refractivity contribution in [1.82, 2.24) is 28.9 Å². The zero-order valence-electron chi connectivity index (χ0n) is 57.7. The summed E-state index contributed by atoms with van der Waals surface area (Å²) in [5.74, 6) is -6.68. The second-order valence-corrected chi connectivity index (χ2v) is 25.6. The topological polar surface area (TPSA) is 397 Å². The highest BCUT2D eigenvalue weighted by atomic mass is 35.5. The van der Waals surface area contributed by atoms with E-state index in [1.165, 1.54) is 24.0 Å². The molecule has 0 saturated carbocycles. The number of allylic oxidation sites excluding steroid dienone is 4. The number of aliphatic hydroxyl groups is 4. The summed E-state index contributed by atoms with van der Waals surface area (Å²) < 4.78 is 15.5. The summed E-state index contributed by atoms with van der Waals surface area (Å²) in [7, 11) is 6.75. The number of ether oxygens (including phenoxy) is 2. The number of para-hydroxylation sites is 2. The van der Waals surface area contributed by atoms with Crippen LogP contribution in [0.15, 0.2) is 158 Å². The maximum Gasteiger partial charge on any atom is 0.335 e. The number of carbonyl (C=O) groups is 8. The first kappa shape index (κ1) is 79.7. The van der Waals surface area contributed by atoms with Crippen molar-refractivity contribution in [3.63, 3.8) is 0 Å². The zero-order valence-corrected chi connectivity index (χ0v) is 59.2. The molecule has 4 amide bonds. The number of aliphatic carboxylic acids is 4. The van der Waals surface area contributed by atoms with Gasteiger partial charge in [-0.3, -0.25) is 29.1 Å². The number of hydrogen-bond donors (Lipinski definition) is 8. The number of anilines is 2. The summed E-state index contributed by atoms with van der Waals surface area (Å²) in [5.41, 5.74) is 13.3. The largest absolute Gasteiger partial charge is 0.496 e. The maximum atomic E-state index is 14.3. The quantitative estimate of drug-likeness (QED) is 0.0397. The number of aliphatic hydroxyl groups excluding tert-OH is 4. The van der Waals surface area contributed by atoms with Gasteiger partial charge in [0, 0.05) is 84.8 Å². The van der Waals surface area contributed by atoms with Crippen LogP contribution >= 0.6 is 23.2 Å². The lowest BCUT2D eigenvalue weighted by Gasteiger charge is -2.24. The van der Waals surface area contributed by atoms with Crippen molar-refractivity contribution in [1.29, 1.82) is 0 Å². The molecule has 4 atom stereocenters. The smallest absolute Gasteiger partial charge is 0.335 e. The molecule has 12 rings (SSSR count). The van der Waals surface area contributed by atoms with Gasteiger partial charge in [-0.1, -0.05) is 83.9 Å². The number of methoxy groups -OCH3 is 2. The lowest BCUT2D eigenvalue weighted by molar-refractivity contribution is -0.165. The Balaban J connectivity index is 0.000000209. The normalized spacial score (nSPS) is 14.5. The van der Waals surface area contributed by atoms with E-state index in [1.54, 1.807) is 84.8 Å². The number of hydrogen-bond acceptors (Lipinski definition) is 16. The number of carboxylic acid groups (broad SMARTS) is 4. The molecule has 2 aliphatic carbocycles. The fourth-order valence-electron chi connectivity index (χ4n) is 12.4. The van der Waals surface area contributed by atoms with Gasteiger partial charge >= 0.3 is 23.9 Å². The van der Waals surface area contributed by atoms with Crippen LogP contribution in [-0.2, 0) is 58.4 Å². The summed E-state index contributed by atoms with van der Waals surface area (Å²) in [4.78, 5) is 110. The van der Waals surface area contributed by atoms with E-state index >= 15 is 0 Å². The van der Waals surface area contributed by atoms with Crippen molar-refractivity contribution in [2.24, 2.45) is 0 Å². The van der Waals surface area contributed by atoms with Gasteiger partial charge in [0.2, 0.25) is 0 Å². The van der Waals surface area contributed by atoms with E-state index in [-0.39, 0.29) is 29.1 Å². The average Bonchev–Trinajstić information content (AvgIpc) is 1.73. The van der Waals surface area contributed by atoms with Crippen molar-refractivity contribution >= 4 is 93.2 Å². The van der Waals surface area contributed by atoms with Gasteiger partial charge in [0.05, 0.1) is 51.5 Å². The molecule has 0 radical (unpaired) electrons. The lowest BCUT2D eigenvalue weighted by Crippen LogP contribution is -2.39. The predicted molar refractivity (Wildman–Crippen MR) is 388 cm³/mol. The first-order valence-corrected chi connectivity index (χ1v) is 33.8. The second kappa shape index (κ2) is 36.4. The molecule has 4 aromatic carbocycles. The molecule has 0 spiro atoms. The van der Waals surface area contributed by atoms with Crippen molar-refractivity contribution in [2.75, 3.05) is 38.1 Å². The first-order chi connectivity index (χ1) is 49.8. The first-order valence-electron chi connectivity index (χ1n) is 33.0. The second-order valence-electron chi connectivity index (χ2n) is 24.8. The zero-order chi connectivity index (χ0) is 75.1. The summed E-state index contributed by atoms with van der Waals surface area (Å²) >= 11 is 13.6. The molecular weight excluding hydrogens is 1400 g/mol. The van der Waals surface area contributed by atoms with Crippen LogP contribution in [0.2, 0.25) is 10.0 Å². The Hall–Kier alpha value is -11.0. The predicted octanol–water partition coefficient (Wildman–Crippen LogP) is 8.90. The SMILES string of the molecule is COc1cc(C2=CCCCC2)c(Cl)cc1C(=O)N1Cc2ccc(C(=O)N(C)Cc3cccnc3)n2Cc2ccccc21.COc1cc(C2=CCCCC2)c(Cl)cc1C(=O)N1Cc2ccc(C(=O)N(C)Cc3cccnc3)n2Cc2ccccc21.O.O=C(O)[C@H](O)[C@@H](O)C(=O)O.O=C(O)[C@H](O)[C@@H](O)C(=O)O. The van der Waals surface area contributed by atoms with Gasteiger partial charge in [0.15, 0.2) is 24.4 Å². The Morgan fingerprint density at radius 2 is 0.848 bits per heavy atom. The molecule has 10 N–H and O–H groups in total. The Morgan fingerprint density at radius 3 is 1.16 bits per heavy atom. The summed E-state index contributed by atoms with van der Waals surface area (Å²) in [5, 5.41) is 66.1. The van der Waals surface area contributed by atoms with Crippen LogP contribution in [0.5, 0.6) is 11.5 Å². The van der Waals surface area contributed by atoms with Crippen molar-refractivity contribution in [3.8, 4) is 11.5 Å². The third-order valence-corrected chi connectivity index (χ3v) is 18.5. The van der Waals surface area contributed by atoms with Gasteiger partial charge in [-0.2, -0.15) is 0 Å². The van der Waals surface area contributed by atoms with E-state index in [0.717, 1.165) is 94.7 Å². The van der Waals surface area contributed by atoms with E-state index in [4.69, 9.17) is 73.5 Å². The third-order valence-electron chi connectivity index (χ3n) is 17.8. The summed E-state index contributed by atoms with van der Waals surface area (Å²) in [6.45, 7) is 2.42. The molecule has 0 bridgehead atoms. The molecule has 105 heavy (non-hydrogen) atoms. The van der Waals surface area contributed by atoms with Gasteiger partial charge in [0.25, 0.3) is 23.6 Å². The summed E-state index contributed by atoms with van der Waals surface area (Å²) in [6, 6.07) is 38.1. The number of aromatic nitrogens is 4. The fourth-order valence-corrected chi connectivity index (χ4v) is 13.0. The molecule has 0 fully saturated rings. The third kappa shape index (κ3) is 19.0. The van der Waals surface area contributed by atoms with Crippen LogP contribution in [0.25, 0.3) is 11.1 Å². The van der Waals surface area contributed by atoms with Crippen LogP contribution in [0.1, 0.15) is 138 Å². The molecule has 2 aliphatic heterocycles. The van der Waals surface area contributed by atoms with Crippen LogP contribution in [0.3, 0.4) is 0 Å². The average molecular weight is 1480 g/mol. The van der Waals surface area contributed by atoms with E-state index in [1.807, 2.05) is 118 Å². The molecule has 6 heterocycles. The van der Waals surface area contributed by atoms with Crippen LogP contribution in [0.4, 0.5) is 11.4 Å². The molecule has 0 unspecified atom stereocenters. The minimum Gasteiger partial charge on any atom is -0.496 e. The lowest BCUT2D eigenvalue weighted by atomic mass is 9.92. The number of benzene rings is 4. The number of amides is 4. The molecule has 27 nitrogen and oxygen atoms in total. The van der Waals surface area contributed by atoms with Crippen molar-refractivity contribution < 1.29 is 94.2 Å². The monoisotopic (exact) mass is 1480 g/mol. The van der Waals surface area contributed by atoms with Crippen molar-refractivity contribution in [3.05, 3.63) is 236 Å². The highest BCUT2D eigenvalue weighted by Crippen LogP contribution is 2.41. The fraction of sp³-hybridized carbons (Fsp3) is 0.289. The minimum absolute atomic E-state index is 0. The molecule has 552 valence electrons. The molecule has 8 aromatic rings. The molecule has 4 aromatic heterocycles. The molecule has 29 heteroatoms. The number of nitrogens with zero attached hydrogens (tertiary/aromatic N) is 8. The van der Waals surface area contributed by atoms with E-state index < -0.39 is 48.3 Å². The van der Waals surface area contributed by atoms with Crippen LogP contribution in [0, 0.1) is 0 Å². The standard InChI is InChI=1S/2C34H33ClN4O3.2C4H6O6.H2O/c2*1-37(20-23-9-8-16-36-19-23)34(41)31-15-14-26-22-39(30-13-7-6-12-25(30)21-38(26)31)33(40)28-17-29(35)27(18-32(28)42-2)24-10-4-3-5-11-24;2*5-1(3(7)8)2(6)4(9)10;/h2*6-10,12-19H,3-5,11,20-22H2,1-2H3;2*1-2,5-6H,(H,7,8)(H,9,10);1H2/t;;2*1-,2-;/m..11./s1. The Labute approximate surface area is 613 Å². The van der Waals surface area contributed by atoms with E-state index in [2.05, 4.69) is 22.1 Å². The highest BCUT2D eigenvalue weighted by Gasteiger charge is 2.35.